The molecule has 0 unspecified atom stereocenters. The quantitative estimate of drug-likeness (QED) is 0.889. The molecular weight excluding hydrogens is 281 g/mol. The van der Waals surface area contributed by atoms with Crippen molar-refractivity contribution in [1.82, 2.24) is 10.2 Å². The molecule has 1 amide bonds. The fourth-order valence-electron chi connectivity index (χ4n) is 1.28. The van der Waals surface area contributed by atoms with Crippen LogP contribution in [0.4, 0.5) is 24.0 Å². The summed E-state index contributed by atoms with van der Waals surface area (Å²) < 4.78 is 37.4. The van der Waals surface area contributed by atoms with Crippen molar-refractivity contribution in [2.45, 2.75) is 6.18 Å². The second-order valence-corrected chi connectivity index (χ2v) is 4.49. The number of rotatable bonds is 2. The molecular formula is C10H7F3N4OS. The van der Waals surface area contributed by atoms with Crippen LogP contribution < -0.4 is 11.1 Å². The number of nitrogens with two attached hydrogens (primary N) is 1. The van der Waals surface area contributed by atoms with Crippen molar-refractivity contribution < 1.29 is 18.0 Å². The van der Waals surface area contributed by atoms with Crippen molar-refractivity contribution in [1.29, 1.82) is 0 Å². The molecule has 0 bridgehead atoms. The van der Waals surface area contributed by atoms with E-state index in [9.17, 15) is 18.0 Å². The van der Waals surface area contributed by atoms with Gasteiger partial charge >= 0.3 is 6.18 Å². The molecule has 0 aliphatic heterocycles. The van der Waals surface area contributed by atoms with Crippen LogP contribution in [0.5, 0.6) is 0 Å². The van der Waals surface area contributed by atoms with E-state index in [1.165, 1.54) is 12.1 Å². The molecule has 1 aromatic heterocycles. The SMILES string of the molecule is Nc1nnc(C(=O)Nc2cccc(C(F)(F)F)c2)s1. The van der Waals surface area contributed by atoms with Crippen LogP contribution in [-0.4, -0.2) is 16.1 Å². The summed E-state index contributed by atoms with van der Waals surface area (Å²) in [6, 6.07) is 4.30. The van der Waals surface area contributed by atoms with Gasteiger partial charge in [0.1, 0.15) is 0 Å². The molecule has 0 atom stereocenters. The van der Waals surface area contributed by atoms with Crippen LogP contribution in [0.3, 0.4) is 0 Å². The number of nitrogens with zero attached hydrogens (tertiary/aromatic N) is 2. The van der Waals surface area contributed by atoms with Gasteiger partial charge in [0, 0.05) is 5.69 Å². The molecule has 9 heteroatoms. The van der Waals surface area contributed by atoms with Gasteiger partial charge in [-0.1, -0.05) is 17.4 Å². The highest BCUT2D eigenvalue weighted by molar-refractivity contribution is 7.16. The smallest absolute Gasteiger partial charge is 0.374 e. The highest BCUT2D eigenvalue weighted by Gasteiger charge is 2.30. The van der Waals surface area contributed by atoms with Crippen LogP contribution in [0.15, 0.2) is 24.3 Å². The van der Waals surface area contributed by atoms with Crippen molar-refractivity contribution in [3.05, 3.63) is 34.8 Å². The highest BCUT2D eigenvalue weighted by atomic mass is 32.1. The van der Waals surface area contributed by atoms with Gasteiger partial charge in [0.15, 0.2) is 0 Å². The summed E-state index contributed by atoms with van der Waals surface area (Å²) in [5.41, 5.74) is 4.48. The van der Waals surface area contributed by atoms with E-state index in [2.05, 4.69) is 15.5 Å². The Labute approximate surface area is 109 Å². The van der Waals surface area contributed by atoms with E-state index in [4.69, 9.17) is 5.73 Å². The molecule has 5 nitrogen and oxygen atoms in total. The number of halogens is 3. The Morgan fingerprint density at radius 1 is 1.32 bits per heavy atom. The number of amides is 1. The summed E-state index contributed by atoms with van der Waals surface area (Å²) in [6.07, 6.45) is -4.46. The molecule has 0 spiro atoms. The van der Waals surface area contributed by atoms with E-state index in [0.29, 0.717) is 0 Å². The van der Waals surface area contributed by atoms with Crippen molar-refractivity contribution in [2.75, 3.05) is 11.1 Å². The van der Waals surface area contributed by atoms with E-state index in [1.807, 2.05) is 0 Å². The first-order chi connectivity index (χ1) is 8.86. The van der Waals surface area contributed by atoms with Gasteiger partial charge in [0.2, 0.25) is 10.1 Å². The lowest BCUT2D eigenvalue weighted by Crippen LogP contribution is -2.13. The Hall–Kier alpha value is -2.16. The first-order valence-corrected chi connectivity index (χ1v) is 5.75. The Morgan fingerprint density at radius 2 is 2.05 bits per heavy atom. The molecule has 2 rings (SSSR count). The number of carbonyl (C=O) groups excluding carboxylic acids is 1. The first-order valence-electron chi connectivity index (χ1n) is 4.94. The van der Waals surface area contributed by atoms with Gasteiger partial charge in [-0.3, -0.25) is 4.79 Å². The number of hydrogen-bond donors (Lipinski definition) is 2. The van der Waals surface area contributed by atoms with Crippen LogP contribution in [-0.2, 0) is 6.18 Å². The van der Waals surface area contributed by atoms with Crippen molar-refractivity contribution in [2.24, 2.45) is 0 Å². The molecule has 0 aliphatic carbocycles. The van der Waals surface area contributed by atoms with Gasteiger partial charge in [0.25, 0.3) is 5.91 Å². The van der Waals surface area contributed by atoms with Crippen LogP contribution in [0.1, 0.15) is 15.4 Å². The lowest BCUT2D eigenvalue weighted by atomic mass is 10.2. The number of alkyl halides is 3. The maximum Gasteiger partial charge on any atom is 0.416 e. The molecule has 0 saturated heterocycles. The highest BCUT2D eigenvalue weighted by Crippen LogP contribution is 2.30. The number of nitrogens with one attached hydrogen (secondary N) is 1. The molecule has 0 aliphatic rings. The van der Waals surface area contributed by atoms with E-state index in [0.717, 1.165) is 23.5 Å². The van der Waals surface area contributed by atoms with Gasteiger partial charge < -0.3 is 11.1 Å². The van der Waals surface area contributed by atoms with Gasteiger partial charge in [-0.2, -0.15) is 13.2 Å². The average Bonchev–Trinajstić information content (AvgIpc) is 2.75. The summed E-state index contributed by atoms with van der Waals surface area (Å²) in [5.74, 6) is -0.659. The maximum atomic E-state index is 12.5. The standard InChI is InChI=1S/C10H7F3N4OS/c11-10(12,13)5-2-1-3-6(4-5)15-7(18)8-16-17-9(14)19-8/h1-4H,(H2,14,17)(H,15,18). The summed E-state index contributed by atoms with van der Waals surface area (Å²) in [6.45, 7) is 0. The molecule has 3 N–H and O–H groups in total. The monoisotopic (exact) mass is 288 g/mol. The van der Waals surface area contributed by atoms with E-state index >= 15 is 0 Å². The fourth-order valence-corrected chi connectivity index (χ4v) is 1.79. The predicted octanol–water partition coefficient (Wildman–Crippen LogP) is 2.39. The molecule has 2 aromatic rings. The molecule has 0 saturated carbocycles. The lowest BCUT2D eigenvalue weighted by Gasteiger charge is -2.08. The topological polar surface area (TPSA) is 80.9 Å². The molecule has 1 aromatic carbocycles. The number of aromatic nitrogens is 2. The third-order valence-corrected chi connectivity index (χ3v) is 2.83. The summed E-state index contributed by atoms with van der Waals surface area (Å²) in [4.78, 5) is 11.6. The van der Waals surface area contributed by atoms with Crippen molar-refractivity contribution in [3.8, 4) is 0 Å². The average molecular weight is 288 g/mol. The fraction of sp³-hybridized carbons (Fsp3) is 0.100. The number of hydrogen-bond acceptors (Lipinski definition) is 5. The molecule has 100 valence electrons. The minimum absolute atomic E-state index is 0.0186. The largest absolute Gasteiger partial charge is 0.416 e. The van der Waals surface area contributed by atoms with E-state index in [1.54, 1.807) is 0 Å². The third-order valence-electron chi connectivity index (χ3n) is 2.08. The van der Waals surface area contributed by atoms with Crippen LogP contribution >= 0.6 is 11.3 Å². The normalized spacial score (nSPS) is 11.3. The molecule has 0 fully saturated rings. The Bertz CT molecular complexity index is 611. The second kappa shape index (κ2) is 4.84. The summed E-state index contributed by atoms with van der Waals surface area (Å²) in [5, 5.41) is 9.32. The zero-order valence-electron chi connectivity index (χ0n) is 9.23. The van der Waals surface area contributed by atoms with E-state index in [-0.39, 0.29) is 15.8 Å². The number of anilines is 2. The Balaban J connectivity index is 2.18. The lowest BCUT2D eigenvalue weighted by molar-refractivity contribution is -0.137. The van der Waals surface area contributed by atoms with Crippen molar-refractivity contribution >= 4 is 28.1 Å². The molecule has 19 heavy (non-hydrogen) atoms. The number of nitrogen functional groups attached to an aromatic ring is 1. The zero-order chi connectivity index (χ0) is 14.0. The van der Waals surface area contributed by atoms with Gasteiger partial charge in [0.05, 0.1) is 5.56 Å². The predicted molar refractivity (Wildman–Crippen MR) is 63.7 cm³/mol. The summed E-state index contributed by atoms with van der Waals surface area (Å²) >= 11 is 0.846. The van der Waals surface area contributed by atoms with E-state index < -0.39 is 17.6 Å². The third kappa shape index (κ3) is 3.19. The van der Waals surface area contributed by atoms with Crippen LogP contribution in [0, 0.1) is 0 Å². The molecule has 1 heterocycles. The molecule has 0 radical (unpaired) electrons. The van der Waals surface area contributed by atoms with Gasteiger partial charge in [-0.15, -0.1) is 10.2 Å². The van der Waals surface area contributed by atoms with Crippen LogP contribution in [0.2, 0.25) is 0 Å². The maximum absolute atomic E-state index is 12.5. The van der Waals surface area contributed by atoms with Crippen LogP contribution in [0.25, 0.3) is 0 Å². The Morgan fingerprint density at radius 3 is 2.63 bits per heavy atom. The zero-order valence-corrected chi connectivity index (χ0v) is 10.0. The van der Waals surface area contributed by atoms with Gasteiger partial charge in [-0.25, -0.2) is 0 Å². The minimum atomic E-state index is -4.46. The summed E-state index contributed by atoms with van der Waals surface area (Å²) in [7, 11) is 0. The Kier molecular flexibility index (Phi) is 3.38. The number of benzene rings is 1. The van der Waals surface area contributed by atoms with Crippen molar-refractivity contribution in [3.63, 3.8) is 0 Å². The second-order valence-electron chi connectivity index (χ2n) is 3.48. The minimum Gasteiger partial charge on any atom is -0.374 e. The first kappa shape index (κ1) is 13.3. The van der Waals surface area contributed by atoms with Gasteiger partial charge in [-0.05, 0) is 18.2 Å². The number of carbonyl (C=O) groups is 1.